The maximum atomic E-state index is 5.87. The van der Waals surface area contributed by atoms with Crippen LogP contribution in [-0.4, -0.2) is 13.1 Å². The van der Waals surface area contributed by atoms with Crippen LogP contribution in [0.4, 0.5) is 11.4 Å². The van der Waals surface area contributed by atoms with Gasteiger partial charge < -0.3 is 10.6 Å². The lowest BCUT2D eigenvalue weighted by molar-refractivity contribution is 0.370. The number of anilines is 2. The van der Waals surface area contributed by atoms with Gasteiger partial charge in [0.25, 0.3) is 0 Å². The highest BCUT2D eigenvalue weighted by atomic mass is 15.2. The van der Waals surface area contributed by atoms with Crippen molar-refractivity contribution in [3.05, 3.63) is 23.8 Å². The third-order valence-corrected chi connectivity index (χ3v) is 4.84. The molecule has 0 saturated carbocycles. The molecule has 1 aliphatic heterocycles. The van der Waals surface area contributed by atoms with Crippen molar-refractivity contribution in [2.75, 3.05) is 23.7 Å². The Labute approximate surface area is 138 Å². The number of nitrogens with zero attached hydrogens (tertiary/aromatic N) is 1. The fourth-order valence-electron chi connectivity index (χ4n) is 3.61. The highest BCUT2D eigenvalue weighted by Gasteiger charge is 2.31. The SMILES string of the molecule is CC.CCCCCC1CN(c2ccc(N)cc2C)CC1CC. The minimum atomic E-state index is 0.865. The summed E-state index contributed by atoms with van der Waals surface area (Å²) in [6.07, 6.45) is 6.81. The summed E-state index contributed by atoms with van der Waals surface area (Å²) in [5.74, 6) is 1.74. The molecule has 2 heteroatoms. The molecular formula is C20H36N2. The third kappa shape index (κ3) is 4.93. The second kappa shape index (κ2) is 9.76. The smallest absolute Gasteiger partial charge is 0.0397 e. The first-order chi connectivity index (χ1) is 10.7. The highest BCUT2D eigenvalue weighted by molar-refractivity contribution is 5.59. The Morgan fingerprint density at radius 1 is 1.09 bits per heavy atom. The number of aryl methyl sites for hydroxylation is 1. The maximum Gasteiger partial charge on any atom is 0.0397 e. The van der Waals surface area contributed by atoms with Crippen LogP contribution in [-0.2, 0) is 0 Å². The number of hydrogen-bond acceptors (Lipinski definition) is 2. The standard InChI is InChI=1S/C18H30N2.C2H6/c1-4-6-7-8-16-13-20(12-15(16)5-2)18-10-9-17(19)11-14(18)3;1-2/h9-11,15-16H,4-8,12-13,19H2,1-3H3;1-2H3. The van der Waals surface area contributed by atoms with Crippen LogP contribution in [0, 0.1) is 18.8 Å². The Morgan fingerprint density at radius 3 is 2.36 bits per heavy atom. The van der Waals surface area contributed by atoms with Crippen LogP contribution in [0.25, 0.3) is 0 Å². The van der Waals surface area contributed by atoms with Gasteiger partial charge in [-0.3, -0.25) is 0 Å². The maximum absolute atomic E-state index is 5.87. The van der Waals surface area contributed by atoms with E-state index in [0.717, 1.165) is 17.5 Å². The summed E-state index contributed by atoms with van der Waals surface area (Å²) in [5, 5.41) is 0. The van der Waals surface area contributed by atoms with Crippen molar-refractivity contribution >= 4 is 11.4 Å². The van der Waals surface area contributed by atoms with E-state index in [4.69, 9.17) is 5.73 Å². The summed E-state index contributed by atoms with van der Waals surface area (Å²) in [6, 6.07) is 6.33. The monoisotopic (exact) mass is 304 g/mol. The van der Waals surface area contributed by atoms with Crippen molar-refractivity contribution in [2.24, 2.45) is 11.8 Å². The molecule has 0 radical (unpaired) electrons. The molecule has 2 N–H and O–H groups in total. The van der Waals surface area contributed by atoms with Crippen molar-refractivity contribution < 1.29 is 0 Å². The van der Waals surface area contributed by atoms with E-state index in [-0.39, 0.29) is 0 Å². The molecule has 0 aliphatic carbocycles. The van der Waals surface area contributed by atoms with Crippen molar-refractivity contribution in [1.82, 2.24) is 0 Å². The molecule has 1 heterocycles. The number of unbranched alkanes of at least 4 members (excludes halogenated alkanes) is 2. The lowest BCUT2D eigenvalue weighted by atomic mass is 9.89. The van der Waals surface area contributed by atoms with E-state index in [2.05, 4.69) is 37.8 Å². The van der Waals surface area contributed by atoms with Crippen LogP contribution in [0.3, 0.4) is 0 Å². The molecule has 1 aromatic rings. The Morgan fingerprint density at radius 2 is 1.77 bits per heavy atom. The molecule has 2 rings (SSSR count). The molecule has 0 aromatic heterocycles. The minimum Gasteiger partial charge on any atom is -0.399 e. The fourth-order valence-corrected chi connectivity index (χ4v) is 3.61. The normalized spacial score (nSPS) is 20.7. The Balaban J connectivity index is 0.00000116. The quantitative estimate of drug-likeness (QED) is 0.544. The van der Waals surface area contributed by atoms with Crippen molar-refractivity contribution in [3.63, 3.8) is 0 Å². The molecule has 1 saturated heterocycles. The van der Waals surface area contributed by atoms with Gasteiger partial charge in [0.05, 0.1) is 0 Å². The number of benzene rings is 1. The fraction of sp³-hybridized carbons (Fsp3) is 0.700. The summed E-state index contributed by atoms with van der Waals surface area (Å²) >= 11 is 0. The average molecular weight is 305 g/mol. The molecule has 1 fully saturated rings. The van der Waals surface area contributed by atoms with Crippen molar-refractivity contribution in [2.45, 2.75) is 66.7 Å². The molecule has 126 valence electrons. The van der Waals surface area contributed by atoms with E-state index in [1.165, 1.54) is 56.4 Å². The highest BCUT2D eigenvalue weighted by Crippen LogP contribution is 2.35. The predicted octanol–water partition coefficient (Wildman–Crippen LogP) is 5.65. The lowest BCUT2D eigenvalue weighted by Crippen LogP contribution is -2.20. The Kier molecular flexibility index (Phi) is 8.37. The molecule has 22 heavy (non-hydrogen) atoms. The third-order valence-electron chi connectivity index (χ3n) is 4.84. The van der Waals surface area contributed by atoms with Crippen LogP contribution < -0.4 is 10.6 Å². The molecule has 0 amide bonds. The van der Waals surface area contributed by atoms with Gasteiger partial charge in [0.15, 0.2) is 0 Å². The van der Waals surface area contributed by atoms with Gasteiger partial charge in [0, 0.05) is 24.5 Å². The molecule has 0 bridgehead atoms. The number of hydrogen-bond donors (Lipinski definition) is 1. The van der Waals surface area contributed by atoms with E-state index in [1.807, 2.05) is 19.9 Å². The van der Waals surface area contributed by atoms with Gasteiger partial charge >= 0.3 is 0 Å². The van der Waals surface area contributed by atoms with Gasteiger partial charge in [-0.15, -0.1) is 0 Å². The summed E-state index contributed by atoms with van der Waals surface area (Å²) in [6.45, 7) is 13.3. The van der Waals surface area contributed by atoms with E-state index in [1.54, 1.807) is 0 Å². The minimum absolute atomic E-state index is 0.865. The van der Waals surface area contributed by atoms with Gasteiger partial charge in [-0.1, -0.05) is 53.4 Å². The molecule has 1 aromatic carbocycles. The Bertz CT molecular complexity index is 428. The van der Waals surface area contributed by atoms with Crippen LogP contribution >= 0.6 is 0 Å². The summed E-state index contributed by atoms with van der Waals surface area (Å²) < 4.78 is 0. The molecule has 2 nitrogen and oxygen atoms in total. The van der Waals surface area contributed by atoms with Gasteiger partial charge in [0.2, 0.25) is 0 Å². The van der Waals surface area contributed by atoms with E-state index in [9.17, 15) is 0 Å². The number of nitrogens with two attached hydrogens (primary N) is 1. The zero-order valence-corrected chi connectivity index (χ0v) is 15.4. The zero-order valence-electron chi connectivity index (χ0n) is 15.4. The second-order valence-corrected chi connectivity index (χ2v) is 6.38. The largest absolute Gasteiger partial charge is 0.399 e. The van der Waals surface area contributed by atoms with Crippen molar-refractivity contribution in [3.8, 4) is 0 Å². The van der Waals surface area contributed by atoms with Gasteiger partial charge in [-0.25, -0.2) is 0 Å². The van der Waals surface area contributed by atoms with E-state index < -0.39 is 0 Å². The summed E-state index contributed by atoms with van der Waals surface area (Å²) in [4.78, 5) is 2.58. The average Bonchev–Trinajstić information content (AvgIpc) is 2.92. The second-order valence-electron chi connectivity index (χ2n) is 6.38. The van der Waals surface area contributed by atoms with Crippen LogP contribution in [0.2, 0.25) is 0 Å². The van der Waals surface area contributed by atoms with Gasteiger partial charge in [-0.2, -0.15) is 0 Å². The molecule has 2 unspecified atom stereocenters. The van der Waals surface area contributed by atoms with Gasteiger partial charge in [-0.05, 0) is 48.9 Å². The van der Waals surface area contributed by atoms with E-state index in [0.29, 0.717) is 0 Å². The molecule has 2 atom stereocenters. The van der Waals surface area contributed by atoms with Gasteiger partial charge in [0.1, 0.15) is 0 Å². The zero-order chi connectivity index (χ0) is 16.5. The first kappa shape index (κ1) is 18.9. The summed E-state index contributed by atoms with van der Waals surface area (Å²) in [7, 11) is 0. The number of rotatable bonds is 6. The molecule has 1 aliphatic rings. The first-order valence-corrected chi connectivity index (χ1v) is 9.26. The van der Waals surface area contributed by atoms with Crippen LogP contribution in [0.15, 0.2) is 18.2 Å². The van der Waals surface area contributed by atoms with E-state index >= 15 is 0 Å². The topological polar surface area (TPSA) is 29.3 Å². The Hall–Kier alpha value is -1.18. The number of nitrogen functional groups attached to an aromatic ring is 1. The van der Waals surface area contributed by atoms with Crippen molar-refractivity contribution in [1.29, 1.82) is 0 Å². The first-order valence-electron chi connectivity index (χ1n) is 9.26. The van der Waals surface area contributed by atoms with Crippen LogP contribution in [0.5, 0.6) is 0 Å². The predicted molar refractivity (Wildman–Crippen MR) is 101 cm³/mol. The van der Waals surface area contributed by atoms with Crippen LogP contribution in [0.1, 0.15) is 65.4 Å². The summed E-state index contributed by atoms with van der Waals surface area (Å²) in [5.41, 5.74) is 9.44. The molecular weight excluding hydrogens is 268 g/mol. The molecule has 0 spiro atoms. The lowest BCUT2D eigenvalue weighted by Gasteiger charge is -2.21.